The third-order valence-electron chi connectivity index (χ3n) is 3.04. The fourth-order valence-electron chi connectivity index (χ4n) is 2.11. The van der Waals surface area contributed by atoms with Gasteiger partial charge in [-0.2, -0.15) is 0 Å². The molecule has 0 aromatic carbocycles. The molecular formula is C16H22N4. The summed E-state index contributed by atoms with van der Waals surface area (Å²) in [6.45, 7) is 9.17. The van der Waals surface area contributed by atoms with Crippen LogP contribution in [0.1, 0.15) is 37.4 Å². The molecule has 2 aromatic rings. The summed E-state index contributed by atoms with van der Waals surface area (Å²) in [4.78, 5) is 13.7. The maximum atomic E-state index is 4.63. The predicted molar refractivity (Wildman–Crippen MR) is 82.9 cm³/mol. The van der Waals surface area contributed by atoms with Crippen LogP contribution in [0.5, 0.6) is 0 Å². The summed E-state index contributed by atoms with van der Waals surface area (Å²) >= 11 is 0. The van der Waals surface area contributed by atoms with Crippen LogP contribution >= 0.6 is 0 Å². The van der Waals surface area contributed by atoms with Crippen molar-refractivity contribution in [3.05, 3.63) is 35.3 Å². The molecule has 0 atom stereocenters. The first-order valence-corrected chi connectivity index (χ1v) is 7.20. The standard InChI is InChI=1S/C16H22N4/c1-5-7-17-15-10-14(6-2)19-16(20-15)13-8-11(3)18-12(4)9-13/h8-10H,5-7H2,1-4H3,(H,17,19,20). The number of rotatable bonds is 5. The summed E-state index contributed by atoms with van der Waals surface area (Å²) in [5, 5.41) is 3.34. The van der Waals surface area contributed by atoms with E-state index in [4.69, 9.17) is 0 Å². The molecule has 0 fully saturated rings. The fourth-order valence-corrected chi connectivity index (χ4v) is 2.11. The summed E-state index contributed by atoms with van der Waals surface area (Å²) < 4.78 is 0. The average Bonchev–Trinajstić information content (AvgIpc) is 2.43. The van der Waals surface area contributed by atoms with Gasteiger partial charge in [-0.25, -0.2) is 9.97 Å². The molecule has 2 heterocycles. The SMILES string of the molecule is CCCNc1cc(CC)nc(-c2cc(C)nc(C)c2)n1. The van der Waals surface area contributed by atoms with E-state index >= 15 is 0 Å². The van der Waals surface area contributed by atoms with Crippen LogP contribution in [-0.2, 0) is 6.42 Å². The highest BCUT2D eigenvalue weighted by atomic mass is 15.0. The Labute approximate surface area is 120 Å². The molecule has 106 valence electrons. The molecule has 0 aliphatic rings. The lowest BCUT2D eigenvalue weighted by Crippen LogP contribution is -2.05. The number of aromatic nitrogens is 3. The first-order chi connectivity index (χ1) is 9.62. The average molecular weight is 270 g/mol. The van der Waals surface area contributed by atoms with Crippen molar-refractivity contribution in [2.45, 2.75) is 40.5 Å². The van der Waals surface area contributed by atoms with Gasteiger partial charge < -0.3 is 5.32 Å². The second-order valence-corrected chi connectivity index (χ2v) is 4.99. The molecule has 0 amide bonds. The molecule has 0 unspecified atom stereocenters. The number of hydrogen-bond acceptors (Lipinski definition) is 4. The van der Waals surface area contributed by atoms with Crippen molar-refractivity contribution in [1.29, 1.82) is 0 Å². The van der Waals surface area contributed by atoms with Crippen molar-refractivity contribution < 1.29 is 0 Å². The third kappa shape index (κ3) is 3.53. The summed E-state index contributed by atoms with van der Waals surface area (Å²) in [6.07, 6.45) is 1.98. The zero-order valence-corrected chi connectivity index (χ0v) is 12.7. The maximum Gasteiger partial charge on any atom is 0.161 e. The smallest absolute Gasteiger partial charge is 0.161 e. The Morgan fingerprint density at radius 3 is 2.25 bits per heavy atom. The van der Waals surface area contributed by atoms with E-state index in [0.29, 0.717) is 0 Å². The maximum absolute atomic E-state index is 4.63. The highest BCUT2D eigenvalue weighted by Gasteiger charge is 2.07. The zero-order valence-electron chi connectivity index (χ0n) is 12.7. The number of hydrogen-bond donors (Lipinski definition) is 1. The van der Waals surface area contributed by atoms with Crippen LogP contribution in [-0.4, -0.2) is 21.5 Å². The van der Waals surface area contributed by atoms with Gasteiger partial charge in [0.25, 0.3) is 0 Å². The molecular weight excluding hydrogens is 248 g/mol. The van der Waals surface area contributed by atoms with E-state index in [2.05, 4.69) is 34.1 Å². The summed E-state index contributed by atoms with van der Waals surface area (Å²) in [7, 11) is 0. The van der Waals surface area contributed by atoms with Gasteiger partial charge in [0.1, 0.15) is 5.82 Å². The van der Waals surface area contributed by atoms with Crippen LogP contribution in [0.3, 0.4) is 0 Å². The van der Waals surface area contributed by atoms with Gasteiger partial charge in [0.05, 0.1) is 0 Å². The van der Waals surface area contributed by atoms with E-state index in [9.17, 15) is 0 Å². The van der Waals surface area contributed by atoms with Crippen molar-refractivity contribution in [2.75, 3.05) is 11.9 Å². The predicted octanol–water partition coefficient (Wildman–Crippen LogP) is 3.54. The lowest BCUT2D eigenvalue weighted by Gasteiger charge is -2.09. The monoisotopic (exact) mass is 270 g/mol. The number of nitrogens with one attached hydrogen (secondary N) is 1. The van der Waals surface area contributed by atoms with Crippen molar-refractivity contribution in [3.63, 3.8) is 0 Å². The van der Waals surface area contributed by atoms with Gasteiger partial charge in [0, 0.05) is 35.3 Å². The van der Waals surface area contributed by atoms with Crippen molar-refractivity contribution in [3.8, 4) is 11.4 Å². The molecule has 0 radical (unpaired) electrons. The first-order valence-electron chi connectivity index (χ1n) is 7.20. The highest BCUT2D eigenvalue weighted by Crippen LogP contribution is 2.20. The van der Waals surface area contributed by atoms with Crippen molar-refractivity contribution >= 4 is 5.82 Å². The number of anilines is 1. The highest BCUT2D eigenvalue weighted by molar-refractivity contribution is 5.58. The van der Waals surface area contributed by atoms with Crippen LogP contribution < -0.4 is 5.32 Å². The van der Waals surface area contributed by atoms with E-state index < -0.39 is 0 Å². The molecule has 0 aliphatic carbocycles. The molecule has 1 N–H and O–H groups in total. The molecule has 0 spiro atoms. The Balaban J connectivity index is 2.43. The zero-order chi connectivity index (χ0) is 14.5. The number of pyridine rings is 1. The van der Waals surface area contributed by atoms with Crippen LogP contribution in [0.25, 0.3) is 11.4 Å². The molecule has 20 heavy (non-hydrogen) atoms. The summed E-state index contributed by atoms with van der Waals surface area (Å²) in [5.74, 6) is 1.68. The van der Waals surface area contributed by atoms with E-state index in [1.807, 2.05) is 32.0 Å². The van der Waals surface area contributed by atoms with Gasteiger partial charge >= 0.3 is 0 Å². The second-order valence-electron chi connectivity index (χ2n) is 4.99. The molecule has 0 saturated heterocycles. The number of aryl methyl sites for hydroxylation is 3. The normalized spacial score (nSPS) is 10.6. The van der Waals surface area contributed by atoms with Crippen molar-refractivity contribution in [1.82, 2.24) is 15.0 Å². The van der Waals surface area contributed by atoms with Crippen LogP contribution in [0, 0.1) is 13.8 Å². The summed E-state index contributed by atoms with van der Waals surface area (Å²) in [5.41, 5.74) is 4.08. The van der Waals surface area contributed by atoms with Crippen LogP contribution in [0.2, 0.25) is 0 Å². The van der Waals surface area contributed by atoms with Crippen molar-refractivity contribution in [2.24, 2.45) is 0 Å². The number of nitrogens with zero attached hydrogens (tertiary/aromatic N) is 3. The molecule has 0 bridgehead atoms. The second kappa shape index (κ2) is 6.46. The van der Waals surface area contributed by atoms with Gasteiger partial charge in [0.15, 0.2) is 5.82 Å². The van der Waals surface area contributed by atoms with Gasteiger partial charge in [-0.05, 0) is 38.8 Å². The Morgan fingerprint density at radius 1 is 0.950 bits per heavy atom. The van der Waals surface area contributed by atoms with E-state index in [0.717, 1.165) is 53.7 Å². The van der Waals surface area contributed by atoms with Gasteiger partial charge in [-0.15, -0.1) is 0 Å². The van der Waals surface area contributed by atoms with Gasteiger partial charge in [-0.1, -0.05) is 13.8 Å². The molecule has 2 aromatic heterocycles. The topological polar surface area (TPSA) is 50.7 Å². The minimum atomic E-state index is 0.775. The Bertz CT molecular complexity index is 573. The van der Waals surface area contributed by atoms with Gasteiger partial charge in [0.2, 0.25) is 0 Å². The van der Waals surface area contributed by atoms with Crippen LogP contribution in [0.15, 0.2) is 18.2 Å². The Kier molecular flexibility index (Phi) is 4.66. The summed E-state index contributed by atoms with van der Waals surface area (Å²) in [6, 6.07) is 6.09. The van der Waals surface area contributed by atoms with Crippen LogP contribution in [0.4, 0.5) is 5.82 Å². The lowest BCUT2D eigenvalue weighted by molar-refractivity contribution is 0.950. The fraction of sp³-hybridized carbons (Fsp3) is 0.438. The third-order valence-corrected chi connectivity index (χ3v) is 3.04. The molecule has 2 rings (SSSR count). The molecule has 0 saturated carbocycles. The minimum Gasteiger partial charge on any atom is -0.370 e. The van der Waals surface area contributed by atoms with Gasteiger partial charge in [-0.3, -0.25) is 4.98 Å². The van der Waals surface area contributed by atoms with E-state index in [1.54, 1.807) is 0 Å². The molecule has 4 heteroatoms. The molecule has 4 nitrogen and oxygen atoms in total. The molecule has 0 aliphatic heterocycles. The van der Waals surface area contributed by atoms with E-state index in [1.165, 1.54) is 0 Å². The Hall–Kier alpha value is -1.97. The lowest BCUT2D eigenvalue weighted by atomic mass is 10.2. The quantitative estimate of drug-likeness (QED) is 0.903. The van der Waals surface area contributed by atoms with E-state index in [-0.39, 0.29) is 0 Å². The minimum absolute atomic E-state index is 0.775. The Morgan fingerprint density at radius 2 is 1.65 bits per heavy atom. The first kappa shape index (κ1) is 14.4. The largest absolute Gasteiger partial charge is 0.370 e.